The van der Waals surface area contributed by atoms with Crippen LogP contribution in [0.4, 0.5) is 0 Å². The van der Waals surface area contributed by atoms with E-state index in [-0.39, 0.29) is 6.04 Å². The van der Waals surface area contributed by atoms with Crippen LogP contribution in [-0.4, -0.2) is 20.4 Å². The zero-order chi connectivity index (χ0) is 7.49. The van der Waals surface area contributed by atoms with Crippen molar-refractivity contribution in [3.05, 3.63) is 0 Å². The topological polar surface area (TPSA) is 43.1 Å². The van der Waals surface area contributed by atoms with E-state index in [1.807, 2.05) is 0 Å². The van der Waals surface area contributed by atoms with Crippen molar-refractivity contribution in [2.24, 2.45) is 5.73 Å². The molecule has 0 saturated heterocycles. The van der Waals surface area contributed by atoms with Gasteiger partial charge in [-0.3, -0.25) is 4.79 Å². The summed E-state index contributed by atoms with van der Waals surface area (Å²) < 4.78 is 0. The van der Waals surface area contributed by atoms with Gasteiger partial charge < -0.3 is 5.73 Å². The molecule has 0 bridgehead atoms. The van der Waals surface area contributed by atoms with Crippen LogP contribution in [0.3, 0.4) is 0 Å². The van der Waals surface area contributed by atoms with Gasteiger partial charge in [0.15, 0.2) is 0 Å². The van der Waals surface area contributed by atoms with E-state index in [0.717, 1.165) is 6.04 Å². The fourth-order valence-corrected chi connectivity index (χ4v) is 2.10. The van der Waals surface area contributed by atoms with Crippen molar-refractivity contribution >= 4 is 14.4 Å². The molecule has 0 aliphatic rings. The number of rotatable bonds is 3. The normalized spacial score (nSPS) is 15.1. The first-order valence-corrected chi connectivity index (χ1v) is 6.80. The van der Waals surface area contributed by atoms with Crippen LogP contribution < -0.4 is 5.73 Å². The van der Waals surface area contributed by atoms with E-state index in [2.05, 4.69) is 19.6 Å². The second-order valence-corrected chi connectivity index (χ2v) is 9.02. The van der Waals surface area contributed by atoms with E-state index in [9.17, 15) is 4.79 Å². The van der Waals surface area contributed by atoms with Gasteiger partial charge in [-0.15, -0.1) is 0 Å². The molecular formula is C6H14NOSi. The molecule has 9 heavy (non-hydrogen) atoms. The summed E-state index contributed by atoms with van der Waals surface area (Å²) in [5.41, 5.74) is 5.37. The highest BCUT2D eigenvalue weighted by atomic mass is 28.3. The second kappa shape index (κ2) is 3.13. The maximum atomic E-state index is 9.95. The summed E-state index contributed by atoms with van der Waals surface area (Å²) >= 11 is 0. The molecule has 0 aliphatic carbocycles. The molecule has 2 N–H and O–H groups in total. The molecule has 53 valence electrons. The average molecular weight is 144 g/mol. The molecule has 0 aromatic heterocycles. The Hall–Kier alpha value is -0.153. The van der Waals surface area contributed by atoms with Crippen LogP contribution in [-0.2, 0) is 4.79 Å². The SMILES string of the molecule is C[Si](C)(C)CC(N)[C]=O. The van der Waals surface area contributed by atoms with Gasteiger partial charge in [0.1, 0.15) is 0 Å². The van der Waals surface area contributed by atoms with Crippen molar-refractivity contribution in [3.63, 3.8) is 0 Å². The van der Waals surface area contributed by atoms with Gasteiger partial charge in [-0.2, -0.15) is 0 Å². The number of carbonyl (C=O) groups excluding carboxylic acids is 1. The van der Waals surface area contributed by atoms with E-state index in [4.69, 9.17) is 5.73 Å². The molecule has 0 rings (SSSR count). The second-order valence-electron chi connectivity index (χ2n) is 3.49. The highest BCUT2D eigenvalue weighted by Crippen LogP contribution is 2.08. The standard InChI is InChI=1S/C6H14NOSi/c1-9(2,3)5-6(7)4-8/h6H,5,7H2,1-3H3. The Kier molecular flexibility index (Phi) is 3.07. The smallest absolute Gasteiger partial charge is 0.216 e. The van der Waals surface area contributed by atoms with Crippen molar-refractivity contribution < 1.29 is 4.79 Å². The minimum atomic E-state index is -1.13. The Morgan fingerprint density at radius 1 is 1.56 bits per heavy atom. The molecule has 0 fully saturated rings. The molecule has 1 atom stereocenters. The van der Waals surface area contributed by atoms with E-state index in [1.165, 1.54) is 0 Å². The molecule has 1 radical (unpaired) electrons. The molecule has 0 aliphatic heterocycles. The maximum absolute atomic E-state index is 9.95. The van der Waals surface area contributed by atoms with Gasteiger partial charge in [0.25, 0.3) is 0 Å². The van der Waals surface area contributed by atoms with Crippen LogP contribution in [0.2, 0.25) is 25.7 Å². The zero-order valence-corrected chi connectivity index (χ0v) is 7.27. The molecule has 0 aromatic carbocycles. The minimum absolute atomic E-state index is 0.350. The first-order chi connectivity index (χ1) is 3.95. The number of hydrogen-bond donors (Lipinski definition) is 1. The lowest BCUT2D eigenvalue weighted by atomic mass is 10.4. The third-order valence-corrected chi connectivity index (χ3v) is 2.65. The van der Waals surface area contributed by atoms with Gasteiger partial charge in [-0.05, 0) is 6.04 Å². The molecule has 3 heteroatoms. The van der Waals surface area contributed by atoms with Crippen molar-refractivity contribution in [3.8, 4) is 0 Å². The molecule has 0 spiro atoms. The highest BCUT2D eigenvalue weighted by molar-refractivity contribution is 6.76. The van der Waals surface area contributed by atoms with E-state index < -0.39 is 8.07 Å². The molecule has 0 saturated carbocycles. The average Bonchev–Trinajstić information content (AvgIpc) is 1.62. The van der Waals surface area contributed by atoms with E-state index in [1.54, 1.807) is 6.29 Å². The summed E-state index contributed by atoms with van der Waals surface area (Å²) in [6.45, 7) is 6.55. The third kappa shape index (κ3) is 5.72. The Morgan fingerprint density at radius 2 is 2.00 bits per heavy atom. The predicted molar refractivity (Wildman–Crippen MR) is 41.8 cm³/mol. The highest BCUT2D eigenvalue weighted by Gasteiger charge is 2.17. The predicted octanol–water partition coefficient (Wildman–Crippen LogP) is 0.762. The fourth-order valence-electron chi connectivity index (χ4n) is 0.701. The molecular weight excluding hydrogens is 130 g/mol. The lowest BCUT2D eigenvalue weighted by Crippen LogP contribution is -2.33. The quantitative estimate of drug-likeness (QED) is 0.594. The van der Waals surface area contributed by atoms with E-state index in [0.29, 0.717) is 0 Å². The van der Waals surface area contributed by atoms with Gasteiger partial charge in [-0.25, -0.2) is 0 Å². The minimum Gasteiger partial charge on any atom is -0.321 e. The van der Waals surface area contributed by atoms with Gasteiger partial charge in [0.05, 0.1) is 6.04 Å². The Bertz CT molecular complexity index is 97.7. The van der Waals surface area contributed by atoms with Gasteiger partial charge in [0, 0.05) is 8.07 Å². The molecule has 0 heterocycles. The van der Waals surface area contributed by atoms with Crippen LogP contribution in [0.1, 0.15) is 0 Å². The number of nitrogens with two attached hydrogens (primary N) is 1. The van der Waals surface area contributed by atoms with Crippen molar-refractivity contribution in [2.75, 3.05) is 0 Å². The Labute approximate surface area is 57.4 Å². The molecule has 2 nitrogen and oxygen atoms in total. The fraction of sp³-hybridized carbons (Fsp3) is 0.833. The monoisotopic (exact) mass is 144 g/mol. The summed E-state index contributed by atoms with van der Waals surface area (Å²) in [6, 6.07) is 0.493. The lowest BCUT2D eigenvalue weighted by Gasteiger charge is -2.16. The van der Waals surface area contributed by atoms with Crippen molar-refractivity contribution in [1.29, 1.82) is 0 Å². The zero-order valence-electron chi connectivity index (χ0n) is 6.27. The lowest BCUT2D eigenvalue weighted by molar-refractivity contribution is 0.545. The van der Waals surface area contributed by atoms with Crippen LogP contribution in [0.25, 0.3) is 0 Å². The first kappa shape index (κ1) is 8.85. The summed E-state index contributed by atoms with van der Waals surface area (Å²) in [5.74, 6) is 0. The maximum Gasteiger partial charge on any atom is 0.216 e. The Morgan fingerprint density at radius 3 is 2.11 bits per heavy atom. The van der Waals surface area contributed by atoms with Crippen LogP contribution >= 0.6 is 0 Å². The first-order valence-electron chi connectivity index (χ1n) is 3.09. The largest absolute Gasteiger partial charge is 0.321 e. The summed E-state index contributed by atoms with van der Waals surface area (Å²) in [5, 5.41) is 0. The summed E-state index contributed by atoms with van der Waals surface area (Å²) in [6.07, 6.45) is 1.78. The van der Waals surface area contributed by atoms with Crippen molar-refractivity contribution in [1.82, 2.24) is 0 Å². The van der Waals surface area contributed by atoms with Crippen molar-refractivity contribution in [2.45, 2.75) is 31.7 Å². The molecule has 1 unspecified atom stereocenters. The van der Waals surface area contributed by atoms with Crippen LogP contribution in [0, 0.1) is 0 Å². The van der Waals surface area contributed by atoms with Gasteiger partial charge in [0.2, 0.25) is 6.29 Å². The van der Waals surface area contributed by atoms with Crippen LogP contribution in [0.5, 0.6) is 0 Å². The molecule has 0 aromatic rings. The van der Waals surface area contributed by atoms with Crippen LogP contribution in [0.15, 0.2) is 0 Å². The third-order valence-electron chi connectivity index (χ3n) is 0.984. The molecule has 0 amide bonds. The van der Waals surface area contributed by atoms with Gasteiger partial charge >= 0.3 is 0 Å². The summed E-state index contributed by atoms with van der Waals surface area (Å²) in [4.78, 5) is 9.95. The van der Waals surface area contributed by atoms with E-state index >= 15 is 0 Å². The van der Waals surface area contributed by atoms with Gasteiger partial charge in [-0.1, -0.05) is 19.6 Å². The number of hydrogen-bond acceptors (Lipinski definition) is 2. The summed E-state index contributed by atoms with van der Waals surface area (Å²) in [7, 11) is -1.13. The Balaban J connectivity index is 3.59.